The van der Waals surface area contributed by atoms with Gasteiger partial charge in [0.1, 0.15) is 17.2 Å². The Labute approximate surface area is 293 Å². The standard InChI is InChI=1S/C44H37BN2O3/c1-28-9-11-29(12-10-28)33-18-22-42(49-3)38(25-33)35-20-23-41(48-2)37(26-35)32-15-13-30(14-16-32)34-19-24-43(50-4)39(27-34)45-46-40-21-17-31-7-5-6-8-36(31)44(40)47-45/h5-27,46-47H,1-4H3. The Morgan fingerprint density at radius 2 is 1.00 bits per heavy atom. The second kappa shape index (κ2) is 13.1. The molecule has 0 aliphatic carbocycles. The number of ether oxygens (including phenoxy) is 3. The summed E-state index contributed by atoms with van der Waals surface area (Å²) in [4.78, 5) is 0. The fourth-order valence-electron chi connectivity index (χ4n) is 6.98. The van der Waals surface area contributed by atoms with Gasteiger partial charge in [0.05, 0.1) is 27.0 Å². The highest BCUT2D eigenvalue weighted by molar-refractivity contribution is 6.82. The van der Waals surface area contributed by atoms with E-state index in [4.69, 9.17) is 14.2 Å². The van der Waals surface area contributed by atoms with Crippen molar-refractivity contribution in [3.8, 4) is 61.8 Å². The Kier molecular flexibility index (Phi) is 8.13. The van der Waals surface area contributed by atoms with Gasteiger partial charge in [-0.1, -0.05) is 109 Å². The molecule has 6 heteroatoms. The maximum atomic E-state index is 5.86. The van der Waals surface area contributed by atoms with E-state index >= 15 is 0 Å². The minimum Gasteiger partial charge on any atom is -0.497 e. The van der Waals surface area contributed by atoms with Crippen molar-refractivity contribution in [1.82, 2.24) is 0 Å². The van der Waals surface area contributed by atoms with Gasteiger partial charge in [-0.05, 0) is 82.1 Å². The first-order valence-corrected chi connectivity index (χ1v) is 16.8. The van der Waals surface area contributed by atoms with Crippen LogP contribution in [-0.4, -0.2) is 28.3 Å². The smallest absolute Gasteiger partial charge is 0.409 e. The fraction of sp³-hybridized carbons (Fsp3) is 0.0909. The molecule has 0 amide bonds. The summed E-state index contributed by atoms with van der Waals surface area (Å²) >= 11 is 0. The zero-order valence-corrected chi connectivity index (χ0v) is 28.6. The maximum Gasteiger partial charge on any atom is 0.409 e. The lowest BCUT2D eigenvalue weighted by Gasteiger charge is -2.16. The summed E-state index contributed by atoms with van der Waals surface area (Å²) in [6.45, 7) is 1.98. The average Bonchev–Trinajstić information content (AvgIpc) is 3.63. The van der Waals surface area contributed by atoms with Gasteiger partial charge in [0.15, 0.2) is 0 Å². The van der Waals surface area contributed by atoms with Crippen LogP contribution in [0.2, 0.25) is 0 Å². The van der Waals surface area contributed by atoms with Crippen LogP contribution in [0.4, 0.5) is 11.4 Å². The third kappa shape index (κ3) is 5.69. The molecule has 1 heterocycles. The van der Waals surface area contributed by atoms with Crippen LogP contribution in [0.25, 0.3) is 55.3 Å². The molecule has 0 atom stereocenters. The largest absolute Gasteiger partial charge is 0.497 e. The van der Waals surface area contributed by atoms with E-state index in [0.29, 0.717) is 0 Å². The monoisotopic (exact) mass is 652 g/mol. The fourth-order valence-corrected chi connectivity index (χ4v) is 6.98. The molecule has 5 nitrogen and oxygen atoms in total. The lowest BCUT2D eigenvalue weighted by molar-refractivity contribution is 0.415. The van der Waals surface area contributed by atoms with E-state index in [-0.39, 0.29) is 6.98 Å². The van der Waals surface area contributed by atoms with E-state index in [1.807, 2.05) is 18.2 Å². The number of anilines is 2. The Hall–Kier alpha value is -6.14. The Bertz CT molecular complexity index is 2350. The van der Waals surface area contributed by atoms with Crippen molar-refractivity contribution in [2.24, 2.45) is 0 Å². The number of aryl methyl sites for hydroxylation is 1. The normalized spacial score (nSPS) is 11.9. The molecule has 244 valence electrons. The number of benzene rings is 7. The first-order chi connectivity index (χ1) is 24.5. The first-order valence-electron chi connectivity index (χ1n) is 16.8. The minimum absolute atomic E-state index is 0.126. The third-order valence-electron chi connectivity index (χ3n) is 9.68. The molecule has 0 spiro atoms. The summed E-state index contributed by atoms with van der Waals surface area (Å²) in [5, 5.41) is 9.79. The van der Waals surface area contributed by atoms with Crippen molar-refractivity contribution < 1.29 is 14.2 Å². The Morgan fingerprint density at radius 3 is 1.70 bits per heavy atom. The number of hydrogen-bond acceptors (Lipinski definition) is 5. The molecule has 0 fully saturated rings. The average molecular weight is 653 g/mol. The molecule has 50 heavy (non-hydrogen) atoms. The Balaban J connectivity index is 1.11. The van der Waals surface area contributed by atoms with Crippen LogP contribution in [0, 0.1) is 6.92 Å². The molecular weight excluding hydrogens is 615 g/mol. The van der Waals surface area contributed by atoms with Crippen molar-refractivity contribution in [3.05, 3.63) is 145 Å². The van der Waals surface area contributed by atoms with Gasteiger partial charge in [0.2, 0.25) is 0 Å². The molecular formula is C44H37BN2O3. The quantitative estimate of drug-likeness (QED) is 0.160. The van der Waals surface area contributed by atoms with Crippen LogP contribution in [0.3, 0.4) is 0 Å². The van der Waals surface area contributed by atoms with E-state index in [0.717, 1.165) is 73.0 Å². The van der Waals surface area contributed by atoms with Gasteiger partial charge in [0, 0.05) is 27.7 Å². The van der Waals surface area contributed by atoms with E-state index in [1.54, 1.807) is 21.3 Å². The predicted molar refractivity (Wildman–Crippen MR) is 209 cm³/mol. The molecule has 8 rings (SSSR count). The first kappa shape index (κ1) is 31.2. The second-order valence-electron chi connectivity index (χ2n) is 12.7. The van der Waals surface area contributed by atoms with Crippen LogP contribution in [0.1, 0.15) is 5.56 Å². The lowest BCUT2D eigenvalue weighted by atomic mass is 9.68. The van der Waals surface area contributed by atoms with Gasteiger partial charge in [-0.2, -0.15) is 0 Å². The molecule has 0 radical (unpaired) electrons. The van der Waals surface area contributed by atoms with Crippen molar-refractivity contribution >= 4 is 34.6 Å². The summed E-state index contributed by atoms with van der Waals surface area (Å²) in [5.41, 5.74) is 13.2. The summed E-state index contributed by atoms with van der Waals surface area (Å²) in [5.74, 6) is 2.47. The second-order valence-corrected chi connectivity index (χ2v) is 12.7. The van der Waals surface area contributed by atoms with Gasteiger partial charge in [0.25, 0.3) is 0 Å². The molecule has 0 saturated heterocycles. The van der Waals surface area contributed by atoms with Crippen molar-refractivity contribution in [3.63, 3.8) is 0 Å². The molecule has 7 aromatic carbocycles. The SMILES string of the molecule is COc1ccc(-c2ccc(-c3cc(-c4cc(-c5ccc(C)cc5)ccc4OC)ccc3OC)cc2)cc1B1Nc2ccc3ccccc3c2N1. The zero-order chi connectivity index (χ0) is 34.2. The van der Waals surface area contributed by atoms with Crippen LogP contribution in [-0.2, 0) is 0 Å². The maximum absolute atomic E-state index is 5.86. The van der Waals surface area contributed by atoms with Crippen LogP contribution in [0.5, 0.6) is 17.2 Å². The van der Waals surface area contributed by atoms with E-state index < -0.39 is 0 Å². The van der Waals surface area contributed by atoms with Gasteiger partial charge in [-0.25, -0.2) is 0 Å². The number of hydrogen-bond donors (Lipinski definition) is 2. The van der Waals surface area contributed by atoms with Gasteiger partial charge in [-0.3, -0.25) is 0 Å². The van der Waals surface area contributed by atoms with Gasteiger partial charge >= 0.3 is 6.98 Å². The summed E-state index contributed by atoms with van der Waals surface area (Å²) in [6.07, 6.45) is 0. The van der Waals surface area contributed by atoms with Crippen LogP contribution in [0.15, 0.2) is 140 Å². The topological polar surface area (TPSA) is 51.8 Å². The summed E-state index contributed by atoms with van der Waals surface area (Å²) in [7, 11) is 5.16. The van der Waals surface area contributed by atoms with E-state index in [2.05, 4.69) is 139 Å². The van der Waals surface area contributed by atoms with Gasteiger partial charge < -0.3 is 24.7 Å². The molecule has 0 aromatic heterocycles. The van der Waals surface area contributed by atoms with Crippen LogP contribution < -0.4 is 30.1 Å². The molecule has 2 N–H and O–H groups in total. The van der Waals surface area contributed by atoms with Crippen molar-refractivity contribution in [1.29, 1.82) is 0 Å². The summed E-state index contributed by atoms with van der Waals surface area (Å²) in [6, 6.07) is 49.1. The molecule has 1 aliphatic rings. The van der Waals surface area contributed by atoms with E-state index in [9.17, 15) is 0 Å². The van der Waals surface area contributed by atoms with Gasteiger partial charge in [-0.15, -0.1) is 0 Å². The highest BCUT2D eigenvalue weighted by Crippen LogP contribution is 2.40. The lowest BCUT2D eigenvalue weighted by Crippen LogP contribution is -2.42. The third-order valence-corrected chi connectivity index (χ3v) is 9.68. The van der Waals surface area contributed by atoms with Crippen molar-refractivity contribution in [2.45, 2.75) is 6.92 Å². The number of nitrogens with one attached hydrogen (secondary N) is 2. The van der Waals surface area contributed by atoms with E-state index in [1.165, 1.54) is 21.9 Å². The van der Waals surface area contributed by atoms with Crippen molar-refractivity contribution in [2.75, 3.05) is 31.8 Å². The zero-order valence-electron chi connectivity index (χ0n) is 28.6. The Morgan fingerprint density at radius 1 is 0.460 bits per heavy atom. The summed E-state index contributed by atoms with van der Waals surface area (Å²) < 4.78 is 17.5. The molecule has 1 aliphatic heterocycles. The number of fused-ring (bicyclic) bond motifs is 3. The molecule has 0 saturated carbocycles. The highest BCUT2D eigenvalue weighted by atomic mass is 16.5. The predicted octanol–water partition coefficient (Wildman–Crippen LogP) is 10.1. The molecule has 0 bridgehead atoms. The highest BCUT2D eigenvalue weighted by Gasteiger charge is 2.31. The molecule has 0 unspecified atom stereocenters. The number of methoxy groups -OCH3 is 3. The molecule has 7 aromatic rings. The minimum atomic E-state index is -0.126. The number of rotatable bonds is 8. The van der Waals surface area contributed by atoms with Crippen LogP contribution >= 0.6 is 0 Å².